The predicted octanol–water partition coefficient (Wildman–Crippen LogP) is 3.01. The highest BCUT2D eigenvalue weighted by molar-refractivity contribution is 7.89. The molecule has 3 rings (SSSR count). The summed E-state index contributed by atoms with van der Waals surface area (Å²) in [6.45, 7) is 3.72. The zero-order valence-corrected chi connectivity index (χ0v) is 15.2. The number of hydrogen-bond donors (Lipinski definition) is 1. The lowest BCUT2D eigenvalue weighted by Crippen LogP contribution is -2.26. The number of nitrogens with zero attached hydrogens (tertiary/aromatic N) is 2. The molecule has 1 heterocycles. The van der Waals surface area contributed by atoms with Crippen LogP contribution in [0, 0.1) is 19.7 Å². The molecule has 0 saturated carbocycles. The van der Waals surface area contributed by atoms with Crippen molar-refractivity contribution in [1.82, 2.24) is 14.9 Å². The van der Waals surface area contributed by atoms with Crippen molar-refractivity contribution in [3.05, 3.63) is 65.3 Å². The van der Waals surface area contributed by atoms with Gasteiger partial charge in [0.25, 0.3) is 0 Å². The van der Waals surface area contributed by atoms with E-state index in [4.69, 9.17) is 4.52 Å². The first kappa shape index (κ1) is 18.2. The van der Waals surface area contributed by atoms with Gasteiger partial charge in [0.1, 0.15) is 5.82 Å². The molecule has 8 heteroatoms. The molecule has 0 radical (unpaired) electrons. The third-order valence-electron chi connectivity index (χ3n) is 3.83. The fraction of sp³-hybridized carbons (Fsp3) is 0.222. The molecule has 6 nitrogen and oxygen atoms in total. The van der Waals surface area contributed by atoms with Gasteiger partial charge in [0.2, 0.25) is 21.7 Å². The number of nitrogens with one attached hydrogen (secondary N) is 1. The lowest BCUT2D eigenvalue weighted by molar-refractivity contribution is 0.379. The van der Waals surface area contributed by atoms with E-state index in [-0.39, 0.29) is 23.7 Å². The molecule has 0 saturated heterocycles. The van der Waals surface area contributed by atoms with Gasteiger partial charge in [-0.15, -0.1) is 0 Å². The van der Waals surface area contributed by atoms with Crippen LogP contribution in [-0.4, -0.2) is 25.1 Å². The van der Waals surface area contributed by atoms with Gasteiger partial charge in [-0.2, -0.15) is 4.98 Å². The van der Waals surface area contributed by atoms with Crippen LogP contribution >= 0.6 is 0 Å². The van der Waals surface area contributed by atoms with E-state index < -0.39 is 10.0 Å². The zero-order chi connectivity index (χ0) is 18.7. The molecule has 0 atom stereocenters. The van der Waals surface area contributed by atoms with Crippen molar-refractivity contribution in [3.8, 4) is 11.4 Å². The lowest BCUT2D eigenvalue weighted by Gasteiger charge is -2.09. The average Bonchev–Trinajstić information content (AvgIpc) is 3.06. The number of aromatic nitrogens is 2. The van der Waals surface area contributed by atoms with E-state index in [0.29, 0.717) is 22.8 Å². The summed E-state index contributed by atoms with van der Waals surface area (Å²) in [5, 5.41) is 3.83. The number of aryl methyl sites for hydroxylation is 2. The Balaban J connectivity index is 1.65. The minimum atomic E-state index is -3.62. The molecule has 1 N–H and O–H groups in total. The fourth-order valence-electron chi connectivity index (χ4n) is 2.44. The van der Waals surface area contributed by atoms with Crippen molar-refractivity contribution in [1.29, 1.82) is 0 Å². The molecule has 0 amide bonds. The third kappa shape index (κ3) is 4.14. The zero-order valence-electron chi connectivity index (χ0n) is 14.4. The molecule has 26 heavy (non-hydrogen) atoms. The Labute approximate surface area is 151 Å². The monoisotopic (exact) mass is 375 g/mol. The molecule has 0 spiro atoms. The summed E-state index contributed by atoms with van der Waals surface area (Å²) in [6, 6.07) is 11.0. The summed E-state index contributed by atoms with van der Waals surface area (Å²) in [5.41, 5.74) is 2.17. The van der Waals surface area contributed by atoms with E-state index in [1.54, 1.807) is 31.2 Å². The van der Waals surface area contributed by atoms with Crippen LogP contribution in [0.25, 0.3) is 11.4 Å². The molecular weight excluding hydrogens is 357 g/mol. The third-order valence-corrected chi connectivity index (χ3v) is 5.44. The maximum absolute atomic E-state index is 12.9. The molecule has 0 fully saturated rings. The van der Waals surface area contributed by atoms with Gasteiger partial charge in [-0.3, -0.25) is 0 Å². The summed E-state index contributed by atoms with van der Waals surface area (Å²) in [4.78, 5) is 4.46. The van der Waals surface area contributed by atoms with Gasteiger partial charge in [0.05, 0.1) is 4.90 Å². The summed E-state index contributed by atoms with van der Waals surface area (Å²) in [7, 11) is -3.62. The molecule has 0 aliphatic rings. The first-order valence-electron chi connectivity index (χ1n) is 8.00. The Kier molecular flexibility index (Phi) is 5.15. The molecule has 136 valence electrons. The number of benzene rings is 2. The van der Waals surface area contributed by atoms with E-state index in [9.17, 15) is 12.8 Å². The molecule has 0 aliphatic heterocycles. The number of rotatable bonds is 6. The van der Waals surface area contributed by atoms with Gasteiger partial charge >= 0.3 is 0 Å². The topological polar surface area (TPSA) is 85.1 Å². The van der Waals surface area contributed by atoms with Crippen molar-refractivity contribution in [2.75, 3.05) is 6.54 Å². The van der Waals surface area contributed by atoms with Gasteiger partial charge in [-0.1, -0.05) is 17.3 Å². The van der Waals surface area contributed by atoms with Crippen LogP contribution in [-0.2, 0) is 16.4 Å². The average molecular weight is 375 g/mol. The summed E-state index contributed by atoms with van der Waals surface area (Å²) in [5.74, 6) is 0.281. The summed E-state index contributed by atoms with van der Waals surface area (Å²) < 4.78 is 45.5. The smallest absolute Gasteiger partial charge is 0.240 e. The second kappa shape index (κ2) is 7.35. The molecule has 2 aromatic carbocycles. The van der Waals surface area contributed by atoms with Gasteiger partial charge in [0.15, 0.2) is 0 Å². The Morgan fingerprint density at radius 3 is 2.58 bits per heavy atom. The van der Waals surface area contributed by atoms with Crippen molar-refractivity contribution in [2.24, 2.45) is 0 Å². The molecular formula is C18H18FN3O3S. The van der Waals surface area contributed by atoms with Crippen LogP contribution in [0.3, 0.4) is 0 Å². The van der Waals surface area contributed by atoms with Gasteiger partial charge in [-0.05, 0) is 55.3 Å². The highest BCUT2D eigenvalue weighted by Gasteiger charge is 2.17. The lowest BCUT2D eigenvalue weighted by atomic mass is 10.2. The van der Waals surface area contributed by atoms with Crippen molar-refractivity contribution in [2.45, 2.75) is 25.2 Å². The predicted molar refractivity (Wildman–Crippen MR) is 94.5 cm³/mol. The maximum Gasteiger partial charge on any atom is 0.240 e. The molecule has 1 aromatic heterocycles. The molecule has 0 unspecified atom stereocenters. The van der Waals surface area contributed by atoms with Crippen molar-refractivity contribution >= 4 is 10.0 Å². The first-order chi connectivity index (χ1) is 12.3. The normalized spacial score (nSPS) is 11.7. The minimum Gasteiger partial charge on any atom is -0.339 e. The van der Waals surface area contributed by atoms with Crippen LogP contribution in [0.15, 0.2) is 51.9 Å². The number of hydrogen-bond acceptors (Lipinski definition) is 5. The van der Waals surface area contributed by atoms with Gasteiger partial charge in [-0.25, -0.2) is 17.5 Å². The van der Waals surface area contributed by atoms with Gasteiger partial charge < -0.3 is 4.52 Å². The standard InChI is InChI=1S/C18H18FN3O3S/c1-12-3-4-13(2)16(11-12)26(23,24)20-10-9-17-21-18(22-25-17)14-5-7-15(19)8-6-14/h3-8,11,20H,9-10H2,1-2H3. The van der Waals surface area contributed by atoms with Crippen LogP contribution < -0.4 is 4.72 Å². The van der Waals surface area contributed by atoms with Crippen LogP contribution in [0.1, 0.15) is 17.0 Å². The Morgan fingerprint density at radius 2 is 1.85 bits per heavy atom. The Morgan fingerprint density at radius 1 is 1.12 bits per heavy atom. The Bertz CT molecular complexity index is 1010. The second-order valence-electron chi connectivity index (χ2n) is 5.94. The van der Waals surface area contributed by atoms with E-state index in [0.717, 1.165) is 5.56 Å². The summed E-state index contributed by atoms with van der Waals surface area (Å²) >= 11 is 0. The van der Waals surface area contributed by atoms with Crippen LogP contribution in [0.2, 0.25) is 0 Å². The van der Waals surface area contributed by atoms with Crippen molar-refractivity contribution < 1.29 is 17.3 Å². The van der Waals surface area contributed by atoms with Crippen LogP contribution in [0.4, 0.5) is 4.39 Å². The van der Waals surface area contributed by atoms with Gasteiger partial charge in [0, 0.05) is 18.5 Å². The minimum absolute atomic E-state index is 0.126. The number of halogens is 1. The number of sulfonamides is 1. The SMILES string of the molecule is Cc1ccc(C)c(S(=O)(=O)NCCc2nc(-c3ccc(F)cc3)no2)c1. The quantitative estimate of drug-likeness (QED) is 0.716. The van der Waals surface area contributed by atoms with Crippen LogP contribution in [0.5, 0.6) is 0 Å². The molecule has 0 aliphatic carbocycles. The second-order valence-corrected chi connectivity index (χ2v) is 7.67. The molecule has 3 aromatic rings. The van der Waals surface area contributed by atoms with E-state index in [1.807, 2.05) is 13.0 Å². The first-order valence-corrected chi connectivity index (χ1v) is 9.49. The van der Waals surface area contributed by atoms with E-state index in [1.165, 1.54) is 12.1 Å². The summed E-state index contributed by atoms with van der Waals surface area (Å²) in [6.07, 6.45) is 0.248. The highest BCUT2D eigenvalue weighted by atomic mass is 32.2. The maximum atomic E-state index is 12.9. The highest BCUT2D eigenvalue weighted by Crippen LogP contribution is 2.18. The van der Waals surface area contributed by atoms with Crippen molar-refractivity contribution in [3.63, 3.8) is 0 Å². The Hall–Kier alpha value is -2.58. The largest absolute Gasteiger partial charge is 0.339 e. The van der Waals surface area contributed by atoms with E-state index >= 15 is 0 Å². The van der Waals surface area contributed by atoms with E-state index in [2.05, 4.69) is 14.9 Å². The fourth-order valence-corrected chi connectivity index (χ4v) is 3.80. The molecule has 0 bridgehead atoms.